The number of aryl methyl sites for hydroxylation is 2. The van der Waals surface area contributed by atoms with Crippen molar-refractivity contribution in [2.75, 3.05) is 7.05 Å². The van der Waals surface area contributed by atoms with Gasteiger partial charge in [-0.25, -0.2) is 0 Å². The zero-order valence-corrected chi connectivity index (χ0v) is 13.6. The van der Waals surface area contributed by atoms with Gasteiger partial charge in [0.2, 0.25) is 0 Å². The van der Waals surface area contributed by atoms with Crippen molar-refractivity contribution in [3.63, 3.8) is 0 Å². The second-order valence-corrected chi connectivity index (χ2v) is 6.35. The molecule has 0 radical (unpaired) electrons. The van der Waals surface area contributed by atoms with Crippen LogP contribution in [0.3, 0.4) is 0 Å². The lowest BCUT2D eigenvalue weighted by Gasteiger charge is -2.12. The van der Waals surface area contributed by atoms with E-state index in [2.05, 4.69) is 68.6 Å². The molecule has 0 spiro atoms. The molecule has 1 N–H and O–H groups in total. The smallest absolute Gasteiger partial charge is 0.0289 e. The van der Waals surface area contributed by atoms with Gasteiger partial charge in [0, 0.05) is 16.7 Å². The van der Waals surface area contributed by atoms with Crippen molar-refractivity contribution in [2.24, 2.45) is 0 Å². The third kappa shape index (κ3) is 3.87. The zero-order chi connectivity index (χ0) is 14.5. The molecule has 0 aliphatic carbocycles. The van der Waals surface area contributed by atoms with E-state index in [1.807, 2.05) is 18.8 Å². The van der Waals surface area contributed by atoms with Crippen LogP contribution in [0.4, 0.5) is 0 Å². The van der Waals surface area contributed by atoms with Gasteiger partial charge in [0.05, 0.1) is 0 Å². The summed E-state index contributed by atoms with van der Waals surface area (Å²) in [5.74, 6) is 1.03. The molecule has 1 atom stereocenters. The molecule has 0 aliphatic heterocycles. The van der Waals surface area contributed by atoms with Crippen molar-refractivity contribution in [1.82, 2.24) is 5.32 Å². The van der Waals surface area contributed by atoms with E-state index in [9.17, 15) is 0 Å². The van der Waals surface area contributed by atoms with Gasteiger partial charge in [-0.2, -0.15) is 0 Å². The van der Waals surface area contributed by atoms with Crippen molar-refractivity contribution in [2.45, 2.75) is 37.5 Å². The lowest BCUT2D eigenvalue weighted by Crippen LogP contribution is -2.11. The molecule has 0 amide bonds. The van der Waals surface area contributed by atoms with Gasteiger partial charge in [-0.3, -0.25) is 0 Å². The van der Waals surface area contributed by atoms with E-state index in [-0.39, 0.29) is 0 Å². The number of benzene rings is 2. The topological polar surface area (TPSA) is 12.0 Å². The first-order valence-corrected chi connectivity index (χ1v) is 8.05. The molecule has 0 bridgehead atoms. The fourth-order valence-corrected chi connectivity index (χ4v) is 3.18. The summed E-state index contributed by atoms with van der Waals surface area (Å²) < 4.78 is 0. The molecule has 0 aliphatic rings. The molecule has 2 rings (SSSR count). The minimum Gasteiger partial charge on any atom is -0.313 e. The summed E-state index contributed by atoms with van der Waals surface area (Å²) in [4.78, 5) is 1.34. The van der Waals surface area contributed by atoms with E-state index in [0.29, 0.717) is 6.04 Å². The lowest BCUT2D eigenvalue weighted by molar-refractivity contribution is 0.651. The third-order valence-corrected chi connectivity index (χ3v) is 4.73. The SMILES string of the molecule is CNC(C)c1cccc(SCc2cc(C)ccc2C)c1. The Hall–Kier alpha value is -1.25. The Kier molecular flexibility index (Phi) is 5.27. The maximum absolute atomic E-state index is 3.29. The highest BCUT2D eigenvalue weighted by molar-refractivity contribution is 7.98. The van der Waals surface area contributed by atoms with Crippen molar-refractivity contribution in [1.29, 1.82) is 0 Å². The van der Waals surface area contributed by atoms with Crippen LogP contribution >= 0.6 is 11.8 Å². The fourth-order valence-electron chi connectivity index (χ4n) is 2.16. The first-order chi connectivity index (χ1) is 9.60. The highest BCUT2D eigenvalue weighted by atomic mass is 32.2. The van der Waals surface area contributed by atoms with Gasteiger partial charge in [-0.1, -0.05) is 35.9 Å². The molecule has 106 valence electrons. The molecule has 0 aromatic heterocycles. The minimum atomic E-state index is 0.399. The summed E-state index contributed by atoms with van der Waals surface area (Å²) in [7, 11) is 2.00. The van der Waals surface area contributed by atoms with Crippen molar-refractivity contribution in [3.05, 3.63) is 64.7 Å². The van der Waals surface area contributed by atoms with E-state index in [0.717, 1.165) is 5.75 Å². The van der Waals surface area contributed by atoms with Crippen LogP contribution < -0.4 is 5.32 Å². The molecular weight excluding hydrogens is 262 g/mol. The second kappa shape index (κ2) is 6.96. The Morgan fingerprint density at radius 2 is 1.90 bits per heavy atom. The van der Waals surface area contributed by atoms with Crippen LogP contribution in [0, 0.1) is 13.8 Å². The van der Waals surface area contributed by atoms with Crippen LogP contribution in [0.15, 0.2) is 47.4 Å². The van der Waals surface area contributed by atoms with Crippen LogP contribution in [0.1, 0.15) is 35.2 Å². The highest BCUT2D eigenvalue weighted by Gasteiger charge is 2.05. The fraction of sp³-hybridized carbons (Fsp3) is 0.333. The Labute approximate surface area is 126 Å². The average Bonchev–Trinajstić information content (AvgIpc) is 2.47. The summed E-state index contributed by atoms with van der Waals surface area (Å²) in [6.45, 7) is 6.53. The number of thioether (sulfide) groups is 1. The van der Waals surface area contributed by atoms with Crippen LogP contribution in [-0.4, -0.2) is 7.05 Å². The molecular formula is C18H23NS. The van der Waals surface area contributed by atoms with Crippen LogP contribution in [0.25, 0.3) is 0 Å². The molecule has 1 unspecified atom stereocenters. The molecule has 2 aromatic rings. The van der Waals surface area contributed by atoms with Gasteiger partial charge in [0.25, 0.3) is 0 Å². The van der Waals surface area contributed by atoms with Gasteiger partial charge < -0.3 is 5.32 Å². The summed E-state index contributed by atoms with van der Waals surface area (Å²) in [5.41, 5.74) is 5.49. The van der Waals surface area contributed by atoms with Gasteiger partial charge in [0.1, 0.15) is 0 Å². The highest BCUT2D eigenvalue weighted by Crippen LogP contribution is 2.27. The normalized spacial score (nSPS) is 12.4. The molecule has 2 heteroatoms. The summed E-state index contributed by atoms with van der Waals surface area (Å²) in [5, 5.41) is 3.29. The van der Waals surface area contributed by atoms with Gasteiger partial charge in [-0.15, -0.1) is 11.8 Å². The number of hydrogen-bond acceptors (Lipinski definition) is 2. The predicted octanol–water partition coefficient (Wildman–Crippen LogP) is 4.88. The van der Waals surface area contributed by atoms with Gasteiger partial charge in [-0.05, 0) is 56.6 Å². The average molecular weight is 285 g/mol. The number of nitrogens with one attached hydrogen (secondary N) is 1. The molecule has 0 heterocycles. The maximum Gasteiger partial charge on any atom is 0.0289 e. The Morgan fingerprint density at radius 3 is 2.65 bits per heavy atom. The van der Waals surface area contributed by atoms with E-state index >= 15 is 0 Å². The summed E-state index contributed by atoms with van der Waals surface area (Å²) >= 11 is 1.91. The Balaban J connectivity index is 2.09. The Morgan fingerprint density at radius 1 is 1.10 bits per heavy atom. The molecule has 0 fully saturated rings. The minimum absolute atomic E-state index is 0.399. The molecule has 20 heavy (non-hydrogen) atoms. The first kappa shape index (κ1) is 15.1. The summed E-state index contributed by atoms with van der Waals surface area (Å²) in [6, 6.07) is 15.9. The van der Waals surface area contributed by atoms with Crippen LogP contribution in [0.2, 0.25) is 0 Å². The number of hydrogen-bond donors (Lipinski definition) is 1. The van der Waals surface area contributed by atoms with Crippen molar-refractivity contribution >= 4 is 11.8 Å². The van der Waals surface area contributed by atoms with E-state index in [1.54, 1.807) is 0 Å². The maximum atomic E-state index is 3.29. The lowest BCUT2D eigenvalue weighted by atomic mass is 10.1. The van der Waals surface area contributed by atoms with E-state index < -0.39 is 0 Å². The monoisotopic (exact) mass is 285 g/mol. The van der Waals surface area contributed by atoms with Crippen LogP contribution in [0.5, 0.6) is 0 Å². The number of rotatable bonds is 5. The van der Waals surface area contributed by atoms with Gasteiger partial charge >= 0.3 is 0 Å². The van der Waals surface area contributed by atoms with Crippen molar-refractivity contribution < 1.29 is 0 Å². The van der Waals surface area contributed by atoms with E-state index in [1.165, 1.54) is 27.1 Å². The predicted molar refractivity (Wildman–Crippen MR) is 89.4 cm³/mol. The third-order valence-electron chi connectivity index (χ3n) is 3.69. The summed E-state index contributed by atoms with van der Waals surface area (Å²) in [6.07, 6.45) is 0. The van der Waals surface area contributed by atoms with E-state index in [4.69, 9.17) is 0 Å². The Bertz CT molecular complexity index is 577. The van der Waals surface area contributed by atoms with Crippen LogP contribution in [-0.2, 0) is 5.75 Å². The largest absolute Gasteiger partial charge is 0.313 e. The molecule has 2 aromatic carbocycles. The second-order valence-electron chi connectivity index (χ2n) is 5.30. The zero-order valence-electron chi connectivity index (χ0n) is 12.7. The standard InChI is InChI=1S/C18H23NS/c1-13-8-9-14(2)17(10-13)12-20-18-7-5-6-16(11-18)15(3)19-4/h5-11,15,19H,12H2,1-4H3. The van der Waals surface area contributed by atoms with Crippen molar-refractivity contribution in [3.8, 4) is 0 Å². The first-order valence-electron chi connectivity index (χ1n) is 7.06. The molecule has 1 nitrogen and oxygen atoms in total. The molecule has 0 saturated heterocycles. The van der Waals surface area contributed by atoms with Gasteiger partial charge in [0.15, 0.2) is 0 Å². The molecule has 0 saturated carbocycles. The quantitative estimate of drug-likeness (QED) is 0.786.